The number of carbonyl (C=O) groups excluding carboxylic acids is 2. The van der Waals surface area contributed by atoms with Gasteiger partial charge in [0.05, 0.1) is 10.6 Å². The molecular weight excluding hydrogens is 581 g/mol. The fourth-order valence-electron chi connectivity index (χ4n) is 4.03. The van der Waals surface area contributed by atoms with Gasteiger partial charge < -0.3 is 10.2 Å². The number of benzene rings is 3. The van der Waals surface area contributed by atoms with Gasteiger partial charge in [-0.05, 0) is 54.8 Å². The van der Waals surface area contributed by atoms with E-state index in [1.807, 2.05) is 6.92 Å². The smallest absolute Gasteiger partial charge is 0.264 e. The van der Waals surface area contributed by atoms with Crippen LogP contribution in [-0.4, -0.2) is 44.3 Å². The number of amides is 2. The highest BCUT2D eigenvalue weighted by molar-refractivity contribution is 7.92. The first-order valence-electron chi connectivity index (χ1n) is 12.4. The molecule has 0 bridgehead atoms. The monoisotopic (exact) mass is 609 g/mol. The summed E-state index contributed by atoms with van der Waals surface area (Å²) in [6.07, 6.45) is 1.03. The standard InChI is InChI=1S/C28H30Cl3N3O4S/c1-3-14-32-28(36)26(4-2)33(18-20-10-8-9-13-25(20)31)27(35)19-34(23-16-21(29)15-22(30)17-23)39(37,38)24-11-6-5-7-12-24/h5-13,15-17,26H,3-4,14,18-19H2,1-2H3,(H,32,36). The number of rotatable bonds is 12. The summed E-state index contributed by atoms with van der Waals surface area (Å²) in [5.41, 5.74) is 0.739. The molecule has 0 heterocycles. The first-order chi connectivity index (χ1) is 18.6. The summed E-state index contributed by atoms with van der Waals surface area (Å²) in [6, 6.07) is 18.2. The molecule has 1 atom stereocenters. The Morgan fingerprint density at radius 3 is 2.10 bits per heavy atom. The molecule has 2 amide bonds. The number of sulfonamides is 1. The summed E-state index contributed by atoms with van der Waals surface area (Å²) in [4.78, 5) is 28.5. The van der Waals surface area contributed by atoms with Gasteiger partial charge in [0.2, 0.25) is 11.8 Å². The van der Waals surface area contributed by atoms with E-state index in [4.69, 9.17) is 34.8 Å². The molecule has 0 aliphatic rings. The van der Waals surface area contributed by atoms with E-state index < -0.39 is 28.5 Å². The number of nitrogens with zero attached hydrogens (tertiary/aromatic N) is 2. The predicted octanol–water partition coefficient (Wildman–Crippen LogP) is 6.18. The Hall–Kier alpha value is -2.78. The van der Waals surface area contributed by atoms with Gasteiger partial charge >= 0.3 is 0 Å². The van der Waals surface area contributed by atoms with Crippen LogP contribution in [-0.2, 0) is 26.2 Å². The first-order valence-corrected chi connectivity index (χ1v) is 15.0. The number of carbonyl (C=O) groups is 2. The lowest BCUT2D eigenvalue weighted by atomic mass is 10.1. The highest BCUT2D eigenvalue weighted by Gasteiger charge is 2.34. The number of hydrogen-bond acceptors (Lipinski definition) is 4. The maximum atomic E-state index is 14.0. The quantitative estimate of drug-likeness (QED) is 0.266. The molecule has 0 aliphatic carbocycles. The Labute approximate surface area is 244 Å². The van der Waals surface area contributed by atoms with Crippen molar-refractivity contribution in [2.24, 2.45) is 0 Å². The van der Waals surface area contributed by atoms with E-state index in [9.17, 15) is 18.0 Å². The van der Waals surface area contributed by atoms with Crippen molar-refractivity contribution in [3.05, 3.63) is 93.4 Å². The predicted molar refractivity (Wildman–Crippen MR) is 157 cm³/mol. The minimum absolute atomic E-state index is 0.00604. The summed E-state index contributed by atoms with van der Waals surface area (Å²) in [6.45, 7) is 3.57. The van der Waals surface area contributed by atoms with Crippen molar-refractivity contribution in [2.45, 2.75) is 44.2 Å². The largest absolute Gasteiger partial charge is 0.354 e. The van der Waals surface area contributed by atoms with E-state index in [-0.39, 0.29) is 33.1 Å². The van der Waals surface area contributed by atoms with Crippen LogP contribution < -0.4 is 9.62 Å². The fourth-order valence-corrected chi connectivity index (χ4v) is 6.16. The molecule has 0 aromatic heterocycles. The van der Waals surface area contributed by atoms with Gasteiger partial charge in [-0.25, -0.2) is 8.42 Å². The van der Waals surface area contributed by atoms with Gasteiger partial charge in [-0.2, -0.15) is 0 Å². The molecule has 0 aliphatic heterocycles. The minimum atomic E-state index is -4.22. The lowest BCUT2D eigenvalue weighted by Gasteiger charge is -2.33. The Bertz CT molecular complexity index is 1380. The second-order valence-electron chi connectivity index (χ2n) is 8.78. The van der Waals surface area contributed by atoms with Crippen LogP contribution in [0.2, 0.25) is 15.1 Å². The molecule has 0 saturated heterocycles. The Balaban J connectivity index is 2.08. The van der Waals surface area contributed by atoms with Gasteiger partial charge in [0.15, 0.2) is 0 Å². The zero-order valence-corrected chi connectivity index (χ0v) is 24.7. The van der Waals surface area contributed by atoms with Crippen LogP contribution >= 0.6 is 34.8 Å². The average molecular weight is 611 g/mol. The Morgan fingerprint density at radius 1 is 0.897 bits per heavy atom. The second kappa shape index (κ2) is 14.0. The zero-order valence-electron chi connectivity index (χ0n) is 21.6. The number of hydrogen-bond donors (Lipinski definition) is 1. The van der Waals surface area contributed by atoms with Crippen molar-refractivity contribution in [1.82, 2.24) is 10.2 Å². The first kappa shape index (κ1) is 30.8. The lowest BCUT2D eigenvalue weighted by molar-refractivity contribution is -0.140. The molecule has 1 N–H and O–H groups in total. The molecule has 39 heavy (non-hydrogen) atoms. The molecule has 3 aromatic carbocycles. The van der Waals surface area contributed by atoms with Crippen LogP contribution in [0.25, 0.3) is 0 Å². The van der Waals surface area contributed by atoms with E-state index in [1.54, 1.807) is 49.4 Å². The maximum absolute atomic E-state index is 14.0. The summed E-state index contributed by atoms with van der Waals surface area (Å²) in [5, 5.41) is 3.68. The molecule has 0 saturated carbocycles. The van der Waals surface area contributed by atoms with Crippen molar-refractivity contribution in [3.63, 3.8) is 0 Å². The third kappa shape index (κ3) is 7.88. The topological polar surface area (TPSA) is 86.8 Å². The van der Waals surface area contributed by atoms with Crippen molar-refractivity contribution in [1.29, 1.82) is 0 Å². The summed E-state index contributed by atoms with van der Waals surface area (Å²) >= 11 is 18.8. The summed E-state index contributed by atoms with van der Waals surface area (Å²) in [5.74, 6) is -0.924. The second-order valence-corrected chi connectivity index (χ2v) is 11.9. The molecule has 1 unspecified atom stereocenters. The SMILES string of the molecule is CCCNC(=O)C(CC)N(Cc1ccccc1Cl)C(=O)CN(c1cc(Cl)cc(Cl)c1)S(=O)(=O)c1ccccc1. The fraction of sp³-hybridized carbons (Fsp3) is 0.286. The lowest BCUT2D eigenvalue weighted by Crippen LogP contribution is -2.52. The molecule has 0 fully saturated rings. The normalized spacial score (nSPS) is 12.0. The van der Waals surface area contributed by atoms with Gasteiger partial charge in [0, 0.05) is 28.2 Å². The zero-order chi connectivity index (χ0) is 28.6. The number of anilines is 1. The maximum Gasteiger partial charge on any atom is 0.264 e. The highest BCUT2D eigenvalue weighted by Crippen LogP contribution is 2.30. The van der Waals surface area contributed by atoms with Gasteiger partial charge in [-0.15, -0.1) is 0 Å². The van der Waals surface area contributed by atoms with Gasteiger partial charge in [0.25, 0.3) is 10.0 Å². The van der Waals surface area contributed by atoms with Crippen molar-refractivity contribution >= 4 is 62.3 Å². The molecule has 0 radical (unpaired) electrons. The van der Waals surface area contributed by atoms with E-state index in [1.165, 1.54) is 35.2 Å². The van der Waals surface area contributed by atoms with Crippen LogP contribution in [0.15, 0.2) is 77.7 Å². The van der Waals surface area contributed by atoms with Crippen LogP contribution in [0.5, 0.6) is 0 Å². The van der Waals surface area contributed by atoms with Crippen LogP contribution in [0.3, 0.4) is 0 Å². The van der Waals surface area contributed by atoms with Gasteiger partial charge in [-0.1, -0.05) is 85.0 Å². The molecule has 3 aromatic rings. The third-order valence-corrected chi connectivity index (χ3v) is 8.57. The molecule has 7 nitrogen and oxygen atoms in total. The molecular formula is C28H30Cl3N3O4S. The van der Waals surface area contributed by atoms with Crippen LogP contribution in [0.1, 0.15) is 32.3 Å². The van der Waals surface area contributed by atoms with Crippen molar-refractivity contribution < 1.29 is 18.0 Å². The van der Waals surface area contributed by atoms with Crippen LogP contribution in [0, 0.1) is 0 Å². The van der Waals surface area contributed by atoms with E-state index in [0.29, 0.717) is 23.6 Å². The van der Waals surface area contributed by atoms with Gasteiger partial charge in [-0.3, -0.25) is 13.9 Å². The molecule has 0 spiro atoms. The van der Waals surface area contributed by atoms with Crippen LogP contribution in [0.4, 0.5) is 5.69 Å². The average Bonchev–Trinajstić information content (AvgIpc) is 2.91. The third-order valence-electron chi connectivity index (χ3n) is 5.98. The molecule has 208 valence electrons. The van der Waals surface area contributed by atoms with E-state index in [0.717, 1.165) is 10.7 Å². The summed E-state index contributed by atoms with van der Waals surface area (Å²) in [7, 11) is -4.22. The minimum Gasteiger partial charge on any atom is -0.354 e. The summed E-state index contributed by atoms with van der Waals surface area (Å²) < 4.78 is 28.6. The number of nitrogens with one attached hydrogen (secondary N) is 1. The molecule has 3 rings (SSSR count). The van der Waals surface area contributed by atoms with Crippen molar-refractivity contribution in [2.75, 3.05) is 17.4 Å². The molecule has 11 heteroatoms. The number of halogens is 3. The van der Waals surface area contributed by atoms with Gasteiger partial charge in [0.1, 0.15) is 12.6 Å². The van der Waals surface area contributed by atoms with E-state index >= 15 is 0 Å². The van der Waals surface area contributed by atoms with Crippen molar-refractivity contribution in [3.8, 4) is 0 Å². The Kier molecular flexibility index (Phi) is 11.1. The Morgan fingerprint density at radius 2 is 1.51 bits per heavy atom. The highest BCUT2D eigenvalue weighted by atomic mass is 35.5. The van der Waals surface area contributed by atoms with E-state index in [2.05, 4.69) is 5.32 Å².